The van der Waals surface area contributed by atoms with Crippen molar-refractivity contribution >= 4 is 5.91 Å². The molecule has 3 rings (SSSR count). The van der Waals surface area contributed by atoms with Crippen LogP contribution in [-0.2, 0) is 17.8 Å². The summed E-state index contributed by atoms with van der Waals surface area (Å²) in [6.07, 6.45) is 1.76. The molecule has 0 saturated carbocycles. The van der Waals surface area contributed by atoms with Crippen LogP contribution < -0.4 is 15.4 Å². The van der Waals surface area contributed by atoms with E-state index in [4.69, 9.17) is 4.74 Å². The van der Waals surface area contributed by atoms with Crippen LogP contribution >= 0.6 is 0 Å². The van der Waals surface area contributed by atoms with Crippen LogP contribution in [0.3, 0.4) is 0 Å². The van der Waals surface area contributed by atoms with E-state index in [1.165, 1.54) is 11.1 Å². The van der Waals surface area contributed by atoms with Crippen LogP contribution in [0.25, 0.3) is 0 Å². The highest BCUT2D eigenvalue weighted by Crippen LogP contribution is 2.16. The summed E-state index contributed by atoms with van der Waals surface area (Å²) in [7, 11) is 0. The molecule has 4 nitrogen and oxygen atoms in total. The van der Waals surface area contributed by atoms with Gasteiger partial charge in [-0.2, -0.15) is 0 Å². The lowest BCUT2D eigenvalue weighted by atomic mass is 10.0. The van der Waals surface area contributed by atoms with Crippen LogP contribution in [-0.4, -0.2) is 25.0 Å². The maximum Gasteiger partial charge on any atom is 0.224 e. The molecule has 26 heavy (non-hydrogen) atoms. The van der Waals surface area contributed by atoms with E-state index in [0.29, 0.717) is 6.61 Å². The number of hydrogen-bond donors (Lipinski definition) is 2. The third kappa shape index (κ3) is 5.33. The predicted octanol–water partition coefficient (Wildman–Crippen LogP) is 3.23. The highest BCUT2D eigenvalue weighted by atomic mass is 16.5. The third-order valence-corrected chi connectivity index (χ3v) is 4.81. The van der Waals surface area contributed by atoms with Gasteiger partial charge in [0.05, 0.1) is 5.92 Å². The maximum atomic E-state index is 12.2. The highest BCUT2D eigenvalue weighted by Gasteiger charge is 2.23. The molecule has 0 bridgehead atoms. The lowest BCUT2D eigenvalue weighted by Gasteiger charge is -2.17. The Morgan fingerprint density at radius 2 is 1.85 bits per heavy atom. The third-order valence-electron chi connectivity index (χ3n) is 4.81. The molecule has 0 radical (unpaired) electrons. The highest BCUT2D eigenvalue weighted by molar-refractivity contribution is 5.79. The zero-order valence-corrected chi connectivity index (χ0v) is 15.6. The molecule has 1 aliphatic heterocycles. The lowest BCUT2D eigenvalue weighted by molar-refractivity contribution is -0.125. The van der Waals surface area contributed by atoms with Gasteiger partial charge in [-0.05, 0) is 56.5 Å². The Bertz CT molecular complexity index is 704. The molecule has 4 heteroatoms. The van der Waals surface area contributed by atoms with E-state index < -0.39 is 0 Å². The molecule has 2 atom stereocenters. The fourth-order valence-electron chi connectivity index (χ4n) is 3.22. The van der Waals surface area contributed by atoms with Crippen molar-refractivity contribution in [1.29, 1.82) is 0 Å². The van der Waals surface area contributed by atoms with Crippen molar-refractivity contribution in [1.82, 2.24) is 10.6 Å². The number of benzene rings is 2. The summed E-state index contributed by atoms with van der Waals surface area (Å²) in [5.41, 5.74) is 3.62. The Kier molecular flexibility index (Phi) is 6.29. The summed E-state index contributed by atoms with van der Waals surface area (Å²) >= 11 is 0. The average molecular weight is 352 g/mol. The number of amides is 1. The first kappa shape index (κ1) is 18.5. The molecule has 1 fully saturated rings. The molecule has 2 aromatic rings. The van der Waals surface area contributed by atoms with Crippen molar-refractivity contribution in [2.24, 2.45) is 5.92 Å². The quantitative estimate of drug-likeness (QED) is 0.804. The van der Waals surface area contributed by atoms with Gasteiger partial charge in [0.15, 0.2) is 0 Å². The lowest BCUT2D eigenvalue weighted by Crippen LogP contribution is -2.39. The molecule has 1 aliphatic rings. The monoisotopic (exact) mass is 352 g/mol. The van der Waals surface area contributed by atoms with Crippen molar-refractivity contribution in [3.8, 4) is 5.75 Å². The van der Waals surface area contributed by atoms with E-state index >= 15 is 0 Å². The van der Waals surface area contributed by atoms with Gasteiger partial charge in [0.25, 0.3) is 0 Å². The van der Waals surface area contributed by atoms with Gasteiger partial charge in [-0.3, -0.25) is 4.79 Å². The summed E-state index contributed by atoms with van der Waals surface area (Å²) in [6.45, 7) is 6.45. The average Bonchev–Trinajstić information content (AvgIpc) is 3.17. The zero-order valence-electron chi connectivity index (χ0n) is 15.6. The molecule has 2 N–H and O–H groups in total. The molecule has 2 unspecified atom stereocenters. The number of carbonyl (C=O) groups excluding carboxylic acids is 1. The van der Waals surface area contributed by atoms with Crippen molar-refractivity contribution in [3.63, 3.8) is 0 Å². The van der Waals surface area contributed by atoms with Crippen molar-refractivity contribution < 1.29 is 9.53 Å². The Hall–Kier alpha value is -2.33. The van der Waals surface area contributed by atoms with Gasteiger partial charge in [-0.1, -0.05) is 42.0 Å². The first-order chi connectivity index (χ1) is 12.6. The summed E-state index contributed by atoms with van der Waals surface area (Å²) in [4.78, 5) is 12.2. The van der Waals surface area contributed by atoms with Gasteiger partial charge in [-0.25, -0.2) is 0 Å². The summed E-state index contributed by atoms with van der Waals surface area (Å²) in [6, 6.07) is 16.6. The smallest absolute Gasteiger partial charge is 0.224 e. The second kappa shape index (κ2) is 8.86. The molecular formula is C22H28N2O2. The first-order valence-electron chi connectivity index (χ1n) is 9.38. The standard InChI is InChI=1S/C22H28N2O2/c1-16-3-5-19(6-4-16)15-26-21-9-7-18(8-10-21)13-17(2)24-22(25)20-11-12-23-14-20/h3-10,17,20,23H,11-15H2,1-2H3,(H,24,25). The topological polar surface area (TPSA) is 50.4 Å². The molecule has 1 heterocycles. The van der Waals surface area contributed by atoms with Gasteiger partial charge in [0.2, 0.25) is 5.91 Å². The van der Waals surface area contributed by atoms with Crippen LogP contribution in [0.1, 0.15) is 30.0 Å². The normalized spacial score (nSPS) is 17.7. The van der Waals surface area contributed by atoms with E-state index in [1.54, 1.807) is 0 Å². The zero-order chi connectivity index (χ0) is 18.4. The summed E-state index contributed by atoms with van der Waals surface area (Å²) < 4.78 is 5.85. The molecule has 1 amide bonds. The van der Waals surface area contributed by atoms with Gasteiger partial charge in [0.1, 0.15) is 12.4 Å². The van der Waals surface area contributed by atoms with Crippen LogP contribution in [0.2, 0.25) is 0 Å². The van der Waals surface area contributed by atoms with Gasteiger partial charge >= 0.3 is 0 Å². The Labute approximate surface area is 156 Å². The van der Waals surface area contributed by atoms with Gasteiger partial charge in [-0.15, -0.1) is 0 Å². The Morgan fingerprint density at radius 3 is 2.50 bits per heavy atom. The summed E-state index contributed by atoms with van der Waals surface area (Å²) in [5, 5.41) is 6.36. The SMILES string of the molecule is Cc1ccc(COc2ccc(CC(C)NC(=O)C3CCNC3)cc2)cc1. The molecule has 0 spiro atoms. The number of hydrogen-bond acceptors (Lipinski definition) is 3. The fourth-order valence-corrected chi connectivity index (χ4v) is 3.22. The molecular weight excluding hydrogens is 324 g/mol. The second-order valence-electron chi connectivity index (χ2n) is 7.22. The van der Waals surface area contributed by atoms with E-state index in [9.17, 15) is 4.79 Å². The summed E-state index contributed by atoms with van der Waals surface area (Å²) in [5.74, 6) is 1.15. The van der Waals surface area contributed by atoms with E-state index in [2.05, 4.69) is 60.9 Å². The minimum atomic E-state index is 0.120. The minimum Gasteiger partial charge on any atom is -0.489 e. The number of carbonyl (C=O) groups is 1. The van der Waals surface area contributed by atoms with Crippen molar-refractivity contribution in [2.75, 3.05) is 13.1 Å². The Balaban J connectivity index is 1.46. The number of ether oxygens (including phenoxy) is 1. The molecule has 138 valence electrons. The largest absolute Gasteiger partial charge is 0.489 e. The minimum absolute atomic E-state index is 0.120. The fraction of sp³-hybridized carbons (Fsp3) is 0.409. The molecule has 2 aromatic carbocycles. The molecule has 0 aliphatic carbocycles. The Morgan fingerprint density at radius 1 is 1.15 bits per heavy atom. The van der Waals surface area contributed by atoms with Crippen LogP contribution in [0.15, 0.2) is 48.5 Å². The van der Waals surface area contributed by atoms with Crippen molar-refractivity contribution in [3.05, 3.63) is 65.2 Å². The first-order valence-corrected chi connectivity index (χ1v) is 9.38. The van der Waals surface area contributed by atoms with Crippen molar-refractivity contribution in [2.45, 2.75) is 39.3 Å². The molecule has 0 aromatic heterocycles. The number of rotatable bonds is 7. The number of aryl methyl sites for hydroxylation is 1. The van der Waals surface area contributed by atoms with E-state index in [-0.39, 0.29) is 17.9 Å². The van der Waals surface area contributed by atoms with E-state index in [0.717, 1.165) is 37.2 Å². The van der Waals surface area contributed by atoms with Crippen LogP contribution in [0, 0.1) is 12.8 Å². The number of nitrogens with one attached hydrogen (secondary N) is 2. The second-order valence-corrected chi connectivity index (χ2v) is 7.22. The van der Waals surface area contributed by atoms with Gasteiger partial charge in [0, 0.05) is 12.6 Å². The van der Waals surface area contributed by atoms with E-state index in [1.807, 2.05) is 12.1 Å². The maximum absolute atomic E-state index is 12.2. The van der Waals surface area contributed by atoms with Crippen LogP contribution in [0.4, 0.5) is 0 Å². The predicted molar refractivity (Wildman–Crippen MR) is 104 cm³/mol. The van der Waals surface area contributed by atoms with Gasteiger partial charge < -0.3 is 15.4 Å². The van der Waals surface area contributed by atoms with Crippen LogP contribution in [0.5, 0.6) is 5.75 Å². The molecule has 1 saturated heterocycles.